The number of pyridine rings is 1. The van der Waals surface area contributed by atoms with Gasteiger partial charge in [0.1, 0.15) is 0 Å². The summed E-state index contributed by atoms with van der Waals surface area (Å²) in [6.07, 6.45) is 0.964. The molecule has 1 aromatic carbocycles. The smallest absolute Gasteiger partial charge is 0.255 e. The van der Waals surface area contributed by atoms with E-state index in [-0.39, 0.29) is 12.1 Å². The Morgan fingerprint density at radius 1 is 1.32 bits per heavy atom. The third-order valence-electron chi connectivity index (χ3n) is 3.66. The van der Waals surface area contributed by atoms with Gasteiger partial charge in [-0.1, -0.05) is 19.1 Å². The Morgan fingerprint density at radius 2 is 2.09 bits per heavy atom. The van der Waals surface area contributed by atoms with Gasteiger partial charge in [-0.25, -0.2) is 4.99 Å². The molecule has 5 heteroatoms. The van der Waals surface area contributed by atoms with Gasteiger partial charge in [0.15, 0.2) is 5.96 Å². The Morgan fingerprint density at radius 3 is 2.82 bits per heavy atom. The average molecular weight is 298 g/mol. The van der Waals surface area contributed by atoms with Crippen molar-refractivity contribution in [2.24, 2.45) is 17.8 Å². The summed E-state index contributed by atoms with van der Waals surface area (Å²) in [6, 6.07) is 11.7. The number of hydrogen-bond donors (Lipinski definition) is 2. The van der Waals surface area contributed by atoms with E-state index in [1.54, 1.807) is 17.7 Å². The number of nitrogens with one attached hydrogen (secondary N) is 1. The van der Waals surface area contributed by atoms with E-state index in [0.717, 1.165) is 17.8 Å². The topological polar surface area (TPSA) is 72.4 Å². The molecule has 1 aromatic heterocycles. The molecule has 0 radical (unpaired) electrons. The predicted molar refractivity (Wildman–Crippen MR) is 91.2 cm³/mol. The molecule has 0 fully saturated rings. The number of rotatable bonds is 4. The molecule has 0 saturated carbocycles. The molecular weight excluding hydrogens is 276 g/mol. The van der Waals surface area contributed by atoms with E-state index >= 15 is 0 Å². The van der Waals surface area contributed by atoms with Crippen LogP contribution in [0.3, 0.4) is 0 Å². The maximum atomic E-state index is 12.1. The third-order valence-corrected chi connectivity index (χ3v) is 3.66. The van der Waals surface area contributed by atoms with Crippen LogP contribution in [0, 0.1) is 6.92 Å². The van der Waals surface area contributed by atoms with Crippen molar-refractivity contribution >= 4 is 11.6 Å². The van der Waals surface area contributed by atoms with Crippen LogP contribution in [0.25, 0.3) is 0 Å². The lowest BCUT2D eigenvalue weighted by Crippen LogP contribution is -2.25. The quantitative estimate of drug-likeness (QED) is 0.671. The third kappa shape index (κ3) is 3.75. The molecule has 0 atom stereocenters. The minimum atomic E-state index is -0.0375. The first-order chi connectivity index (χ1) is 10.5. The highest BCUT2D eigenvalue weighted by atomic mass is 16.1. The number of nitrogens with zero attached hydrogens (tertiary/aromatic N) is 2. The van der Waals surface area contributed by atoms with Crippen LogP contribution in [0.4, 0.5) is 5.69 Å². The van der Waals surface area contributed by atoms with E-state index in [0.29, 0.717) is 11.5 Å². The van der Waals surface area contributed by atoms with Gasteiger partial charge in [-0.05, 0) is 43.2 Å². The van der Waals surface area contributed by atoms with Crippen LogP contribution in [0.2, 0.25) is 0 Å². The summed E-state index contributed by atoms with van der Waals surface area (Å²) in [5, 5.41) is 3.05. The summed E-state index contributed by atoms with van der Waals surface area (Å²) >= 11 is 0. The van der Waals surface area contributed by atoms with Crippen molar-refractivity contribution in [2.75, 3.05) is 5.32 Å². The lowest BCUT2D eigenvalue weighted by molar-refractivity contribution is 0.795. The van der Waals surface area contributed by atoms with Gasteiger partial charge < -0.3 is 15.6 Å². The Bertz CT molecular complexity index is 747. The number of benzene rings is 1. The first kappa shape index (κ1) is 15.8. The fraction of sp³-hybridized carbons (Fsp3) is 0.294. The van der Waals surface area contributed by atoms with Gasteiger partial charge in [-0.3, -0.25) is 4.79 Å². The zero-order valence-electron chi connectivity index (χ0n) is 13.3. The molecule has 116 valence electrons. The molecule has 5 nitrogen and oxygen atoms in total. The zero-order chi connectivity index (χ0) is 16.1. The molecule has 0 unspecified atom stereocenters. The van der Waals surface area contributed by atoms with Gasteiger partial charge in [0, 0.05) is 24.0 Å². The summed E-state index contributed by atoms with van der Waals surface area (Å²) in [5.41, 5.74) is 9.53. The van der Waals surface area contributed by atoms with Crippen LogP contribution in [-0.2, 0) is 20.0 Å². The van der Waals surface area contributed by atoms with E-state index < -0.39 is 0 Å². The van der Waals surface area contributed by atoms with Gasteiger partial charge in [0.05, 0.1) is 6.54 Å². The van der Waals surface area contributed by atoms with E-state index in [9.17, 15) is 4.79 Å². The van der Waals surface area contributed by atoms with Gasteiger partial charge in [-0.15, -0.1) is 0 Å². The predicted octanol–water partition coefficient (Wildman–Crippen LogP) is 2.18. The molecule has 22 heavy (non-hydrogen) atoms. The van der Waals surface area contributed by atoms with Crippen molar-refractivity contribution in [3.8, 4) is 0 Å². The number of anilines is 1. The first-order valence-corrected chi connectivity index (χ1v) is 7.32. The van der Waals surface area contributed by atoms with E-state index in [2.05, 4.69) is 23.3 Å². The summed E-state index contributed by atoms with van der Waals surface area (Å²) in [6.45, 7) is 4.26. The van der Waals surface area contributed by atoms with Gasteiger partial charge >= 0.3 is 0 Å². The highest BCUT2D eigenvalue weighted by Gasteiger charge is 2.03. The summed E-state index contributed by atoms with van der Waals surface area (Å²) in [5.74, 6) is 0.302. The molecule has 0 aliphatic heterocycles. The highest BCUT2D eigenvalue weighted by molar-refractivity contribution is 5.92. The standard InChI is InChI=1S/C17H22N4O/c1-4-13-6-5-7-15(10-13)20-17(18)19-11-14-9-8-12(2)21(3)16(14)22/h5-10H,4,11H2,1-3H3,(H3,18,19,20). The summed E-state index contributed by atoms with van der Waals surface area (Å²) in [7, 11) is 1.75. The second-order valence-corrected chi connectivity index (χ2v) is 5.24. The SMILES string of the molecule is CCc1cccc(NC(N)=NCc2ccc(C)n(C)c2=O)c1. The van der Waals surface area contributed by atoms with Gasteiger partial charge in [0.25, 0.3) is 5.56 Å². The van der Waals surface area contributed by atoms with Crippen LogP contribution < -0.4 is 16.6 Å². The second kappa shape index (κ2) is 6.93. The molecule has 0 saturated heterocycles. The van der Waals surface area contributed by atoms with Crippen LogP contribution in [-0.4, -0.2) is 10.5 Å². The lowest BCUT2D eigenvalue weighted by atomic mass is 10.1. The Labute approximate surface area is 130 Å². The molecule has 1 heterocycles. The van der Waals surface area contributed by atoms with Crippen molar-refractivity contribution in [3.63, 3.8) is 0 Å². The highest BCUT2D eigenvalue weighted by Crippen LogP contribution is 2.10. The number of aromatic nitrogens is 1. The van der Waals surface area contributed by atoms with Crippen molar-refractivity contribution in [2.45, 2.75) is 26.8 Å². The fourth-order valence-corrected chi connectivity index (χ4v) is 2.13. The summed E-state index contributed by atoms with van der Waals surface area (Å²) in [4.78, 5) is 16.3. The van der Waals surface area contributed by atoms with Crippen LogP contribution in [0.1, 0.15) is 23.7 Å². The molecule has 2 aromatic rings. The van der Waals surface area contributed by atoms with Crippen molar-refractivity contribution < 1.29 is 0 Å². The molecule has 2 rings (SSSR count). The Kier molecular flexibility index (Phi) is 4.99. The monoisotopic (exact) mass is 298 g/mol. The number of aliphatic imine (C=N–C) groups is 1. The summed E-state index contributed by atoms with van der Waals surface area (Å²) < 4.78 is 1.61. The molecule has 0 amide bonds. The second-order valence-electron chi connectivity index (χ2n) is 5.24. The average Bonchev–Trinajstić information content (AvgIpc) is 2.52. The minimum Gasteiger partial charge on any atom is -0.370 e. The van der Waals surface area contributed by atoms with E-state index in [1.807, 2.05) is 31.2 Å². The first-order valence-electron chi connectivity index (χ1n) is 7.32. The van der Waals surface area contributed by atoms with Crippen molar-refractivity contribution in [3.05, 3.63) is 63.6 Å². The largest absolute Gasteiger partial charge is 0.370 e. The molecule has 3 N–H and O–H groups in total. The molecular formula is C17H22N4O. The Hall–Kier alpha value is -2.56. The van der Waals surface area contributed by atoms with Gasteiger partial charge in [0.2, 0.25) is 0 Å². The number of aryl methyl sites for hydroxylation is 2. The van der Waals surface area contributed by atoms with Gasteiger partial charge in [-0.2, -0.15) is 0 Å². The maximum Gasteiger partial charge on any atom is 0.255 e. The Balaban J connectivity index is 2.10. The van der Waals surface area contributed by atoms with E-state index in [4.69, 9.17) is 5.73 Å². The molecule has 0 aliphatic rings. The molecule has 0 spiro atoms. The molecule has 0 bridgehead atoms. The van der Waals surface area contributed by atoms with Crippen LogP contribution in [0.5, 0.6) is 0 Å². The number of hydrogen-bond acceptors (Lipinski definition) is 2. The fourth-order valence-electron chi connectivity index (χ4n) is 2.13. The maximum absolute atomic E-state index is 12.1. The van der Waals surface area contributed by atoms with E-state index in [1.165, 1.54) is 5.56 Å². The van der Waals surface area contributed by atoms with Crippen LogP contribution >= 0.6 is 0 Å². The van der Waals surface area contributed by atoms with Crippen molar-refractivity contribution in [1.29, 1.82) is 0 Å². The molecule has 0 aliphatic carbocycles. The minimum absolute atomic E-state index is 0.0375. The van der Waals surface area contributed by atoms with Crippen LogP contribution in [0.15, 0.2) is 46.2 Å². The number of nitrogens with two attached hydrogens (primary N) is 1. The number of guanidine groups is 1. The van der Waals surface area contributed by atoms with Crippen molar-refractivity contribution in [1.82, 2.24) is 4.57 Å². The lowest BCUT2D eigenvalue weighted by Gasteiger charge is -2.08. The zero-order valence-corrected chi connectivity index (χ0v) is 13.3. The normalized spacial score (nSPS) is 11.5.